The van der Waals surface area contributed by atoms with Crippen molar-refractivity contribution in [2.45, 2.75) is 6.42 Å². The maximum absolute atomic E-state index is 13.2. The van der Waals surface area contributed by atoms with Crippen LogP contribution in [-0.2, 0) is 6.42 Å². The minimum Gasteiger partial charge on any atom is -0.218 e. The summed E-state index contributed by atoms with van der Waals surface area (Å²) in [5, 5.41) is 0.298. The number of rotatable bonds is 2. The van der Waals surface area contributed by atoms with Crippen LogP contribution in [0.2, 0.25) is 20.4 Å². The fourth-order valence-corrected chi connectivity index (χ4v) is 2.33. The van der Waals surface area contributed by atoms with Crippen LogP contribution in [-0.4, -0.2) is 9.97 Å². The Morgan fingerprint density at radius 2 is 1.44 bits per heavy atom. The van der Waals surface area contributed by atoms with E-state index in [2.05, 4.69) is 9.97 Å². The highest BCUT2D eigenvalue weighted by Gasteiger charge is 2.14. The molecule has 0 bridgehead atoms. The van der Waals surface area contributed by atoms with Gasteiger partial charge in [-0.3, -0.25) is 0 Å². The van der Waals surface area contributed by atoms with Crippen molar-refractivity contribution in [3.63, 3.8) is 0 Å². The number of benzene rings is 1. The Labute approximate surface area is 123 Å². The predicted molar refractivity (Wildman–Crippen MR) is 71.3 cm³/mol. The van der Waals surface area contributed by atoms with Crippen LogP contribution in [0.25, 0.3) is 0 Å². The van der Waals surface area contributed by atoms with Gasteiger partial charge in [0.05, 0.1) is 0 Å². The quantitative estimate of drug-likeness (QED) is 0.740. The van der Waals surface area contributed by atoms with E-state index >= 15 is 0 Å². The van der Waals surface area contributed by atoms with Gasteiger partial charge in [0.15, 0.2) is 16.1 Å². The molecule has 0 aliphatic heterocycles. The summed E-state index contributed by atoms with van der Waals surface area (Å²) in [7, 11) is 0. The summed E-state index contributed by atoms with van der Waals surface area (Å²) >= 11 is 23.2. The summed E-state index contributed by atoms with van der Waals surface area (Å²) in [4.78, 5) is 7.58. The van der Waals surface area contributed by atoms with Gasteiger partial charge < -0.3 is 0 Å². The van der Waals surface area contributed by atoms with Gasteiger partial charge in [0.1, 0.15) is 5.82 Å². The molecule has 94 valence electrons. The second-order valence-electron chi connectivity index (χ2n) is 3.41. The van der Waals surface area contributed by atoms with Crippen molar-refractivity contribution < 1.29 is 4.39 Å². The molecule has 0 saturated carbocycles. The number of hydrogen-bond acceptors (Lipinski definition) is 2. The zero-order valence-corrected chi connectivity index (χ0v) is 11.7. The van der Waals surface area contributed by atoms with Gasteiger partial charge in [0.2, 0.25) is 0 Å². The lowest BCUT2D eigenvalue weighted by Crippen LogP contribution is -2.01. The molecule has 2 rings (SSSR count). The Morgan fingerprint density at radius 3 is 1.94 bits per heavy atom. The standard InChI is InChI=1S/C11H5Cl4FN2/c12-6-2-1-3-7(13)5(6)4-8-17-10(14)9(16)11(15)18-8/h1-3H,4H2. The number of nitrogens with zero attached hydrogens (tertiary/aromatic N) is 2. The number of aromatic nitrogens is 2. The van der Waals surface area contributed by atoms with E-state index in [1.807, 2.05) is 0 Å². The first-order valence-electron chi connectivity index (χ1n) is 4.79. The largest absolute Gasteiger partial charge is 0.218 e. The van der Waals surface area contributed by atoms with E-state index < -0.39 is 5.82 Å². The first-order chi connectivity index (χ1) is 8.49. The highest BCUT2D eigenvalue weighted by molar-refractivity contribution is 6.36. The normalized spacial score (nSPS) is 10.7. The van der Waals surface area contributed by atoms with E-state index in [9.17, 15) is 4.39 Å². The Kier molecular flexibility index (Phi) is 4.28. The molecule has 0 N–H and O–H groups in total. The zero-order valence-electron chi connectivity index (χ0n) is 8.72. The number of hydrogen-bond donors (Lipinski definition) is 0. The van der Waals surface area contributed by atoms with E-state index in [0.717, 1.165) is 0 Å². The lowest BCUT2D eigenvalue weighted by Gasteiger charge is -2.06. The first-order valence-corrected chi connectivity index (χ1v) is 6.30. The smallest absolute Gasteiger partial charge is 0.197 e. The molecule has 0 amide bonds. The lowest BCUT2D eigenvalue weighted by atomic mass is 10.1. The first kappa shape index (κ1) is 13.8. The summed E-state index contributed by atoms with van der Waals surface area (Å²) in [5.41, 5.74) is 0.638. The van der Waals surface area contributed by atoms with Crippen molar-refractivity contribution in [2.75, 3.05) is 0 Å². The molecule has 1 aromatic heterocycles. The lowest BCUT2D eigenvalue weighted by molar-refractivity contribution is 0.611. The van der Waals surface area contributed by atoms with Crippen molar-refractivity contribution in [1.29, 1.82) is 0 Å². The van der Waals surface area contributed by atoms with E-state index in [1.165, 1.54) is 0 Å². The van der Waals surface area contributed by atoms with Crippen LogP contribution in [0.5, 0.6) is 0 Å². The average molecular weight is 326 g/mol. The fourth-order valence-electron chi connectivity index (χ4n) is 1.37. The van der Waals surface area contributed by atoms with Crippen LogP contribution in [0.15, 0.2) is 18.2 Å². The van der Waals surface area contributed by atoms with Gasteiger partial charge in [-0.25, -0.2) is 14.4 Å². The third kappa shape index (κ3) is 2.86. The van der Waals surface area contributed by atoms with E-state index in [0.29, 0.717) is 15.6 Å². The minimum atomic E-state index is -0.840. The van der Waals surface area contributed by atoms with Crippen LogP contribution >= 0.6 is 46.4 Å². The molecule has 0 unspecified atom stereocenters. The molecule has 0 atom stereocenters. The van der Waals surface area contributed by atoms with Gasteiger partial charge in [-0.1, -0.05) is 52.5 Å². The number of halogens is 5. The summed E-state index contributed by atoms with van der Waals surface area (Å²) in [6.45, 7) is 0. The van der Waals surface area contributed by atoms with Gasteiger partial charge in [0, 0.05) is 16.5 Å². The molecule has 0 aliphatic carbocycles. The Hall–Kier alpha value is -0.610. The monoisotopic (exact) mass is 324 g/mol. The molecular weight excluding hydrogens is 321 g/mol. The molecule has 18 heavy (non-hydrogen) atoms. The molecule has 0 aliphatic rings. The maximum Gasteiger partial charge on any atom is 0.197 e. The predicted octanol–water partition coefficient (Wildman–Crippen LogP) is 4.82. The van der Waals surface area contributed by atoms with E-state index in [4.69, 9.17) is 46.4 Å². The second-order valence-corrected chi connectivity index (χ2v) is 4.94. The Balaban J connectivity index is 2.41. The van der Waals surface area contributed by atoms with Gasteiger partial charge in [0.25, 0.3) is 0 Å². The molecule has 0 spiro atoms. The van der Waals surface area contributed by atoms with E-state index in [1.54, 1.807) is 18.2 Å². The second kappa shape index (κ2) is 5.57. The average Bonchev–Trinajstić information content (AvgIpc) is 2.31. The zero-order chi connectivity index (χ0) is 13.3. The summed E-state index contributed by atoms with van der Waals surface area (Å²) in [6, 6.07) is 5.10. The van der Waals surface area contributed by atoms with Gasteiger partial charge in [-0.2, -0.15) is 0 Å². The van der Waals surface area contributed by atoms with Crippen molar-refractivity contribution in [1.82, 2.24) is 9.97 Å². The van der Waals surface area contributed by atoms with Gasteiger partial charge in [-0.15, -0.1) is 0 Å². The van der Waals surface area contributed by atoms with Gasteiger partial charge >= 0.3 is 0 Å². The van der Waals surface area contributed by atoms with Crippen LogP contribution in [0, 0.1) is 5.82 Å². The third-order valence-corrected chi connectivity index (χ3v) is 3.42. The fraction of sp³-hybridized carbons (Fsp3) is 0.0909. The summed E-state index contributed by atoms with van der Waals surface area (Å²) in [6.07, 6.45) is 0.220. The molecule has 7 heteroatoms. The molecule has 1 heterocycles. The molecule has 0 radical (unpaired) electrons. The van der Waals surface area contributed by atoms with Crippen molar-refractivity contribution in [2.24, 2.45) is 0 Å². The molecular formula is C11H5Cl4FN2. The summed E-state index contributed by atoms with van der Waals surface area (Å²) in [5.74, 6) is -0.589. The van der Waals surface area contributed by atoms with E-state index in [-0.39, 0.29) is 22.6 Å². The van der Waals surface area contributed by atoms with Crippen molar-refractivity contribution in [3.8, 4) is 0 Å². The molecule has 1 aromatic carbocycles. The Bertz CT molecular complexity index is 560. The van der Waals surface area contributed by atoms with Crippen molar-refractivity contribution >= 4 is 46.4 Å². The summed E-state index contributed by atoms with van der Waals surface area (Å²) < 4.78 is 13.2. The van der Waals surface area contributed by atoms with Crippen LogP contribution in [0.3, 0.4) is 0 Å². The van der Waals surface area contributed by atoms with Crippen LogP contribution in [0.4, 0.5) is 4.39 Å². The van der Waals surface area contributed by atoms with Crippen LogP contribution < -0.4 is 0 Å². The minimum absolute atomic E-state index is 0.220. The van der Waals surface area contributed by atoms with Gasteiger partial charge in [-0.05, 0) is 17.7 Å². The SMILES string of the molecule is Fc1c(Cl)nc(Cc2c(Cl)cccc2Cl)nc1Cl. The third-order valence-electron chi connectivity index (χ3n) is 2.21. The van der Waals surface area contributed by atoms with Crippen molar-refractivity contribution in [3.05, 3.63) is 55.8 Å². The molecule has 2 nitrogen and oxygen atoms in total. The van der Waals surface area contributed by atoms with Crippen LogP contribution in [0.1, 0.15) is 11.4 Å². The molecule has 0 saturated heterocycles. The molecule has 0 fully saturated rings. The Morgan fingerprint density at radius 1 is 0.944 bits per heavy atom. The maximum atomic E-state index is 13.2. The molecule has 2 aromatic rings. The highest BCUT2D eigenvalue weighted by atomic mass is 35.5. The highest BCUT2D eigenvalue weighted by Crippen LogP contribution is 2.27. The topological polar surface area (TPSA) is 25.8 Å².